The monoisotopic (exact) mass is 354 g/mol. The third-order valence-corrected chi connectivity index (χ3v) is 5.46. The third-order valence-electron chi connectivity index (χ3n) is 5.46. The number of hydrogen-bond donors (Lipinski definition) is 2. The molecule has 6 nitrogen and oxygen atoms in total. The Bertz CT molecular complexity index is 378. The van der Waals surface area contributed by atoms with E-state index in [-0.39, 0.29) is 0 Å². The van der Waals surface area contributed by atoms with Gasteiger partial charge in [-0.3, -0.25) is 9.89 Å². The topological polar surface area (TPSA) is 58.1 Å². The minimum absolute atomic E-state index is 0.353. The first-order valence-corrected chi connectivity index (χ1v) is 10.1. The van der Waals surface area contributed by atoms with Crippen molar-refractivity contribution in [3.63, 3.8) is 0 Å². The number of aliphatic imine (C=N–C) groups is 1. The van der Waals surface area contributed by atoms with Crippen LogP contribution in [-0.4, -0.2) is 77.1 Å². The lowest BCUT2D eigenvalue weighted by Gasteiger charge is -2.27. The SMILES string of the molecule is CCNC(=NCC1(CCOC)CCCC1)NCCCN1CCOCC1. The van der Waals surface area contributed by atoms with Gasteiger partial charge in [-0.15, -0.1) is 0 Å². The highest BCUT2D eigenvalue weighted by atomic mass is 16.5. The van der Waals surface area contributed by atoms with Crippen molar-refractivity contribution in [3.05, 3.63) is 0 Å². The number of methoxy groups -OCH3 is 1. The van der Waals surface area contributed by atoms with Crippen molar-refractivity contribution in [2.24, 2.45) is 10.4 Å². The van der Waals surface area contributed by atoms with Crippen molar-refractivity contribution in [2.75, 3.05) is 66.2 Å². The van der Waals surface area contributed by atoms with E-state index >= 15 is 0 Å². The predicted octanol–water partition coefficient (Wildman–Crippen LogP) is 1.86. The van der Waals surface area contributed by atoms with Gasteiger partial charge in [0.2, 0.25) is 0 Å². The lowest BCUT2D eigenvalue weighted by atomic mass is 9.83. The maximum atomic E-state index is 5.40. The minimum Gasteiger partial charge on any atom is -0.385 e. The molecule has 146 valence electrons. The molecule has 0 aromatic carbocycles. The van der Waals surface area contributed by atoms with Crippen LogP contribution in [0.5, 0.6) is 0 Å². The molecule has 2 fully saturated rings. The average molecular weight is 355 g/mol. The van der Waals surface area contributed by atoms with E-state index in [9.17, 15) is 0 Å². The molecule has 2 N–H and O–H groups in total. The Morgan fingerprint density at radius 3 is 2.64 bits per heavy atom. The maximum Gasteiger partial charge on any atom is 0.191 e. The largest absolute Gasteiger partial charge is 0.385 e. The Hall–Kier alpha value is -0.850. The Morgan fingerprint density at radius 1 is 1.20 bits per heavy atom. The third kappa shape index (κ3) is 7.50. The molecule has 0 unspecified atom stereocenters. The van der Waals surface area contributed by atoms with Gasteiger partial charge in [0.25, 0.3) is 0 Å². The summed E-state index contributed by atoms with van der Waals surface area (Å²) < 4.78 is 10.7. The van der Waals surface area contributed by atoms with Crippen LogP contribution in [0.15, 0.2) is 4.99 Å². The van der Waals surface area contributed by atoms with Crippen molar-refractivity contribution in [1.82, 2.24) is 15.5 Å². The predicted molar refractivity (Wildman–Crippen MR) is 103 cm³/mol. The van der Waals surface area contributed by atoms with Gasteiger partial charge in [0.1, 0.15) is 0 Å². The van der Waals surface area contributed by atoms with Gasteiger partial charge in [-0.25, -0.2) is 0 Å². The Morgan fingerprint density at radius 2 is 1.96 bits per heavy atom. The molecular weight excluding hydrogens is 316 g/mol. The summed E-state index contributed by atoms with van der Waals surface area (Å²) in [5.74, 6) is 0.966. The molecule has 0 atom stereocenters. The zero-order chi connectivity index (χ0) is 17.8. The van der Waals surface area contributed by atoms with Gasteiger partial charge in [-0.1, -0.05) is 12.8 Å². The lowest BCUT2D eigenvalue weighted by Crippen LogP contribution is -2.41. The molecule has 0 aromatic heterocycles. The van der Waals surface area contributed by atoms with E-state index in [1.807, 2.05) is 0 Å². The summed E-state index contributed by atoms with van der Waals surface area (Å²) in [6.07, 6.45) is 7.51. The fourth-order valence-electron chi connectivity index (χ4n) is 3.85. The Kier molecular flexibility index (Phi) is 9.58. The number of morpholine rings is 1. The number of rotatable bonds is 10. The summed E-state index contributed by atoms with van der Waals surface area (Å²) in [4.78, 5) is 7.39. The van der Waals surface area contributed by atoms with Crippen molar-refractivity contribution in [2.45, 2.75) is 45.4 Å². The molecule has 0 spiro atoms. The van der Waals surface area contributed by atoms with Crippen LogP contribution in [0.3, 0.4) is 0 Å². The highest BCUT2D eigenvalue weighted by Gasteiger charge is 2.33. The second kappa shape index (κ2) is 11.7. The molecule has 0 bridgehead atoms. The second-order valence-corrected chi connectivity index (χ2v) is 7.38. The molecule has 1 saturated heterocycles. The van der Waals surface area contributed by atoms with E-state index in [1.165, 1.54) is 25.7 Å². The van der Waals surface area contributed by atoms with Crippen molar-refractivity contribution in [3.8, 4) is 0 Å². The first-order chi connectivity index (χ1) is 12.3. The number of hydrogen-bond acceptors (Lipinski definition) is 4. The summed E-state index contributed by atoms with van der Waals surface area (Å²) in [6.45, 7) is 10.8. The fraction of sp³-hybridized carbons (Fsp3) is 0.947. The molecule has 1 aliphatic heterocycles. The molecule has 25 heavy (non-hydrogen) atoms. The molecule has 2 rings (SSSR count). The van der Waals surface area contributed by atoms with Crippen LogP contribution < -0.4 is 10.6 Å². The highest BCUT2D eigenvalue weighted by molar-refractivity contribution is 5.79. The van der Waals surface area contributed by atoms with Crippen molar-refractivity contribution in [1.29, 1.82) is 0 Å². The van der Waals surface area contributed by atoms with Crippen LogP contribution in [0.1, 0.15) is 45.4 Å². The van der Waals surface area contributed by atoms with Crippen LogP contribution in [0.2, 0.25) is 0 Å². The van der Waals surface area contributed by atoms with Crippen molar-refractivity contribution < 1.29 is 9.47 Å². The van der Waals surface area contributed by atoms with Crippen LogP contribution in [0, 0.1) is 5.41 Å². The zero-order valence-corrected chi connectivity index (χ0v) is 16.3. The fourth-order valence-corrected chi connectivity index (χ4v) is 3.85. The Labute approximate surface area is 153 Å². The summed E-state index contributed by atoms with van der Waals surface area (Å²) >= 11 is 0. The van der Waals surface area contributed by atoms with E-state index < -0.39 is 0 Å². The summed E-state index contributed by atoms with van der Waals surface area (Å²) in [5.41, 5.74) is 0.353. The van der Waals surface area contributed by atoms with Crippen molar-refractivity contribution >= 4 is 5.96 Å². The molecule has 1 aliphatic carbocycles. The van der Waals surface area contributed by atoms with Gasteiger partial charge in [0.15, 0.2) is 5.96 Å². The van der Waals surface area contributed by atoms with Gasteiger partial charge in [-0.05, 0) is 44.6 Å². The average Bonchev–Trinajstić information content (AvgIpc) is 3.11. The number of guanidine groups is 1. The van der Waals surface area contributed by atoms with E-state index in [0.29, 0.717) is 5.41 Å². The number of ether oxygens (including phenoxy) is 2. The van der Waals surface area contributed by atoms with Crippen LogP contribution in [0.4, 0.5) is 0 Å². The van der Waals surface area contributed by atoms with E-state index in [2.05, 4.69) is 22.5 Å². The minimum atomic E-state index is 0.353. The summed E-state index contributed by atoms with van der Waals surface area (Å²) in [6, 6.07) is 0. The van der Waals surface area contributed by atoms with Gasteiger partial charge in [-0.2, -0.15) is 0 Å². The standard InChI is InChI=1S/C19H38N4O2/c1-3-20-18(21-10-6-11-23-12-15-25-16-13-23)22-17-19(9-14-24-2)7-4-5-8-19/h3-17H2,1-2H3,(H2,20,21,22). The highest BCUT2D eigenvalue weighted by Crippen LogP contribution is 2.41. The molecule has 0 amide bonds. The van der Waals surface area contributed by atoms with Crippen LogP contribution >= 0.6 is 0 Å². The van der Waals surface area contributed by atoms with E-state index in [0.717, 1.165) is 77.9 Å². The molecule has 0 aromatic rings. The van der Waals surface area contributed by atoms with Gasteiger partial charge < -0.3 is 20.1 Å². The molecule has 1 heterocycles. The molecule has 1 saturated carbocycles. The second-order valence-electron chi connectivity index (χ2n) is 7.38. The summed E-state index contributed by atoms with van der Waals surface area (Å²) in [7, 11) is 1.80. The first kappa shape index (κ1) is 20.5. The molecule has 0 radical (unpaired) electrons. The van der Waals surface area contributed by atoms with Crippen LogP contribution in [0.25, 0.3) is 0 Å². The lowest BCUT2D eigenvalue weighted by molar-refractivity contribution is 0.0376. The van der Waals surface area contributed by atoms with E-state index in [4.69, 9.17) is 14.5 Å². The number of nitrogens with one attached hydrogen (secondary N) is 2. The quantitative estimate of drug-likeness (QED) is 0.356. The normalized spacial score (nSPS) is 21.4. The van der Waals surface area contributed by atoms with Gasteiger partial charge >= 0.3 is 0 Å². The maximum absolute atomic E-state index is 5.40. The zero-order valence-electron chi connectivity index (χ0n) is 16.3. The molecular formula is C19H38N4O2. The Balaban J connectivity index is 1.74. The summed E-state index contributed by atoms with van der Waals surface area (Å²) in [5, 5.41) is 6.90. The van der Waals surface area contributed by atoms with Gasteiger partial charge in [0, 0.05) is 46.4 Å². The van der Waals surface area contributed by atoms with E-state index in [1.54, 1.807) is 7.11 Å². The first-order valence-electron chi connectivity index (χ1n) is 10.1. The van der Waals surface area contributed by atoms with Gasteiger partial charge in [0.05, 0.1) is 13.2 Å². The molecule has 2 aliphatic rings. The van der Waals surface area contributed by atoms with Crippen LogP contribution in [-0.2, 0) is 9.47 Å². The molecule has 6 heteroatoms. The number of nitrogens with zero attached hydrogens (tertiary/aromatic N) is 2. The smallest absolute Gasteiger partial charge is 0.191 e.